The Morgan fingerprint density at radius 2 is 2.00 bits per heavy atom. The molecule has 1 atom stereocenters. The molecule has 4 rings (SSSR count). The van der Waals surface area contributed by atoms with Crippen molar-refractivity contribution in [2.75, 3.05) is 39.8 Å². The van der Waals surface area contributed by atoms with Gasteiger partial charge in [-0.3, -0.25) is 14.7 Å². The summed E-state index contributed by atoms with van der Waals surface area (Å²) in [5.41, 5.74) is 3.15. The standard InChI is InChI=1S/C24H32N4O3/c1-27-9-7-22(8-10-27)31-23-12-20(13-25-15-23)24(30)26-14-21(29)17-28-11-6-18-4-2-3-5-19(18)16-28/h2-5,12-13,15,21-22,29H,6-11,14,16-17H2,1H3,(H,26,30). The van der Waals surface area contributed by atoms with Crippen LogP contribution in [0.2, 0.25) is 0 Å². The lowest BCUT2D eigenvalue weighted by Crippen LogP contribution is -2.42. The molecule has 31 heavy (non-hydrogen) atoms. The maximum atomic E-state index is 12.6. The number of β-amino-alcohol motifs (C(OH)–C–C–N with tert-alkyl or cyclic N) is 1. The molecular formula is C24H32N4O3. The van der Waals surface area contributed by atoms with E-state index in [1.54, 1.807) is 12.3 Å². The zero-order valence-electron chi connectivity index (χ0n) is 18.2. The summed E-state index contributed by atoms with van der Waals surface area (Å²) in [5.74, 6) is 0.374. The summed E-state index contributed by atoms with van der Waals surface area (Å²) in [4.78, 5) is 21.2. The number of nitrogens with one attached hydrogen (secondary N) is 1. The zero-order chi connectivity index (χ0) is 21.6. The number of fused-ring (bicyclic) bond motifs is 1. The second kappa shape index (κ2) is 10.2. The van der Waals surface area contributed by atoms with Crippen molar-refractivity contribution in [3.8, 4) is 5.75 Å². The van der Waals surface area contributed by atoms with Crippen molar-refractivity contribution in [1.29, 1.82) is 0 Å². The first-order chi connectivity index (χ1) is 15.1. The summed E-state index contributed by atoms with van der Waals surface area (Å²) in [6.45, 7) is 4.52. The van der Waals surface area contributed by atoms with E-state index in [9.17, 15) is 9.90 Å². The topological polar surface area (TPSA) is 77.9 Å². The molecule has 1 amide bonds. The number of ether oxygens (including phenoxy) is 1. The number of hydrogen-bond donors (Lipinski definition) is 2. The number of aliphatic hydroxyl groups excluding tert-OH is 1. The molecule has 2 aliphatic heterocycles. The number of piperidine rings is 1. The summed E-state index contributed by atoms with van der Waals surface area (Å²) in [7, 11) is 2.11. The summed E-state index contributed by atoms with van der Waals surface area (Å²) in [5, 5.41) is 13.3. The van der Waals surface area contributed by atoms with Gasteiger partial charge in [-0.05, 0) is 43.5 Å². The molecule has 1 saturated heterocycles. The number of nitrogens with zero attached hydrogens (tertiary/aromatic N) is 3. The molecular weight excluding hydrogens is 392 g/mol. The maximum Gasteiger partial charge on any atom is 0.253 e. The fraction of sp³-hybridized carbons (Fsp3) is 0.500. The number of likely N-dealkylation sites (tertiary alicyclic amines) is 1. The monoisotopic (exact) mass is 424 g/mol. The highest BCUT2D eigenvalue weighted by molar-refractivity contribution is 5.94. The van der Waals surface area contributed by atoms with Crippen LogP contribution in [0.4, 0.5) is 0 Å². The van der Waals surface area contributed by atoms with Crippen LogP contribution in [-0.4, -0.2) is 77.8 Å². The second-order valence-electron chi connectivity index (χ2n) is 8.65. The van der Waals surface area contributed by atoms with Crippen LogP contribution in [0.3, 0.4) is 0 Å². The van der Waals surface area contributed by atoms with Crippen molar-refractivity contribution in [3.63, 3.8) is 0 Å². The van der Waals surface area contributed by atoms with Gasteiger partial charge in [-0.1, -0.05) is 24.3 Å². The fourth-order valence-electron chi connectivity index (χ4n) is 4.29. The van der Waals surface area contributed by atoms with Gasteiger partial charge in [0.15, 0.2) is 0 Å². The van der Waals surface area contributed by atoms with Crippen molar-refractivity contribution in [2.24, 2.45) is 0 Å². The normalized spacial score (nSPS) is 18.9. The van der Waals surface area contributed by atoms with Gasteiger partial charge in [0.1, 0.15) is 11.9 Å². The molecule has 0 bridgehead atoms. The van der Waals surface area contributed by atoms with Gasteiger partial charge in [0.05, 0.1) is 17.9 Å². The van der Waals surface area contributed by atoms with Crippen LogP contribution in [0.25, 0.3) is 0 Å². The van der Waals surface area contributed by atoms with Gasteiger partial charge < -0.3 is 20.1 Å². The molecule has 0 spiro atoms. The first kappa shape index (κ1) is 21.7. The third-order valence-corrected chi connectivity index (χ3v) is 6.12. The Morgan fingerprint density at radius 3 is 2.81 bits per heavy atom. The number of pyridine rings is 1. The molecule has 0 aliphatic carbocycles. The van der Waals surface area contributed by atoms with Gasteiger partial charge in [0.25, 0.3) is 5.91 Å². The van der Waals surface area contributed by atoms with E-state index in [4.69, 9.17) is 4.74 Å². The van der Waals surface area contributed by atoms with Crippen molar-refractivity contribution < 1.29 is 14.6 Å². The number of benzene rings is 1. The number of carbonyl (C=O) groups excluding carboxylic acids is 1. The summed E-state index contributed by atoms with van der Waals surface area (Å²) in [6, 6.07) is 10.2. The molecule has 7 heteroatoms. The molecule has 0 radical (unpaired) electrons. The molecule has 1 unspecified atom stereocenters. The van der Waals surface area contributed by atoms with Crippen LogP contribution in [-0.2, 0) is 13.0 Å². The third kappa shape index (κ3) is 6.03. The van der Waals surface area contributed by atoms with Crippen LogP contribution in [0.1, 0.15) is 34.3 Å². The fourth-order valence-corrected chi connectivity index (χ4v) is 4.29. The van der Waals surface area contributed by atoms with E-state index in [0.717, 1.165) is 45.4 Å². The van der Waals surface area contributed by atoms with E-state index < -0.39 is 6.10 Å². The highest BCUT2D eigenvalue weighted by Crippen LogP contribution is 2.20. The molecule has 1 aromatic heterocycles. The number of amides is 1. The van der Waals surface area contributed by atoms with Crippen molar-refractivity contribution >= 4 is 5.91 Å². The Hall–Kier alpha value is -2.48. The van der Waals surface area contributed by atoms with E-state index in [-0.39, 0.29) is 18.6 Å². The summed E-state index contributed by atoms with van der Waals surface area (Å²) < 4.78 is 6.02. The molecule has 1 aromatic carbocycles. The van der Waals surface area contributed by atoms with E-state index in [1.165, 1.54) is 17.3 Å². The number of hydrogen-bond acceptors (Lipinski definition) is 6. The Labute approximate surface area is 184 Å². The quantitative estimate of drug-likeness (QED) is 0.705. The predicted octanol–water partition coefficient (Wildman–Crippen LogP) is 1.70. The molecule has 2 aliphatic rings. The van der Waals surface area contributed by atoms with E-state index in [0.29, 0.717) is 17.9 Å². The van der Waals surface area contributed by atoms with Gasteiger partial charge in [0.2, 0.25) is 0 Å². The van der Waals surface area contributed by atoms with Crippen molar-refractivity contribution in [1.82, 2.24) is 20.1 Å². The van der Waals surface area contributed by atoms with Crippen LogP contribution in [0.15, 0.2) is 42.7 Å². The molecule has 0 saturated carbocycles. The molecule has 7 nitrogen and oxygen atoms in total. The second-order valence-corrected chi connectivity index (χ2v) is 8.65. The highest BCUT2D eigenvalue weighted by atomic mass is 16.5. The Balaban J connectivity index is 1.24. The van der Waals surface area contributed by atoms with Crippen LogP contribution in [0.5, 0.6) is 5.75 Å². The zero-order valence-corrected chi connectivity index (χ0v) is 18.2. The molecule has 166 valence electrons. The third-order valence-electron chi connectivity index (χ3n) is 6.12. The summed E-state index contributed by atoms with van der Waals surface area (Å²) in [6.07, 6.45) is 5.65. The smallest absolute Gasteiger partial charge is 0.253 e. The molecule has 2 aromatic rings. The minimum atomic E-state index is -0.624. The van der Waals surface area contributed by atoms with Crippen molar-refractivity contribution in [3.05, 3.63) is 59.4 Å². The van der Waals surface area contributed by atoms with Gasteiger partial charge >= 0.3 is 0 Å². The maximum absolute atomic E-state index is 12.6. The number of aromatic nitrogens is 1. The van der Waals surface area contributed by atoms with Crippen LogP contribution >= 0.6 is 0 Å². The molecule has 1 fully saturated rings. The van der Waals surface area contributed by atoms with Crippen molar-refractivity contribution in [2.45, 2.75) is 38.0 Å². The first-order valence-electron chi connectivity index (χ1n) is 11.1. The largest absolute Gasteiger partial charge is 0.489 e. The Kier molecular flexibility index (Phi) is 7.17. The van der Waals surface area contributed by atoms with Gasteiger partial charge in [-0.25, -0.2) is 0 Å². The predicted molar refractivity (Wildman–Crippen MR) is 119 cm³/mol. The van der Waals surface area contributed by atoms with Crippen LogP contribution < -0.4 is 10.1 Å². The van der Waals surface area contributed by atoms with Gasteiger partial charge in [-0.2, -0.15) is 0 Å². The van der Waals surface area contributed by atoms with E-state index in [2.05, 4.69) is 51.4 Å². The van der Waals surface area contributed by atoms with E-state index >= 15 is 0 Å². The average Bonchev–Trinajstić information content (AvgIpc) is 2.79. The minimum absolute atomic E-state index is 0.160. The summed E-state index contributed by atoms with van der Waals surface area (Å²) >= 11 is 0. The average molecular weight is 425 g/mol. The number of carbonyl (C=O) groups is 1. The lowest BCUT2D eigenvalue weighted by molar-refractivity contribution is 0.0840. The van der Waals surface area contributed by atoms with Gasteiger partial charge in [-0.15, -0.1) is 0 Å². The minimum Gasteiger partial charge on any atom is -0.489 e. The lowest BCUT2D eigenvalue weighted by Gasteiger charge is -2.30. The Bertz CT molecular complexity index is 883. The highest BCUT2D eigenvalue weighted by Gasteiger charge is 2.20. The van der Waals surface area contributed by atoms with Gasteiger partial charge in [0, 0.05) is 45.5 Å². The van der Waals surface area contributed by atoms with Crippen LogP contribution in [0, 0.1) is 0 Å². The number of rotatable bonds is 7. The molecule has 2 N–H and O–H groups in total. The first-order valence-corrected chi connectivity index (χ1v) is 11.1. The SMILES string of the molecule is CN1CCC(Oc2cncc(C(=O)NCC(O)CN3CCc4ccccc4C3)c2)CC1. The lowest BCUT2D eigenvalue weighted by atomic mass is 10.00. The molecule has 3 heterocycles. The Morgan fingerprint density at radius 1 is 1.23 bits per heavy atom. The number of aliphatic hydroxyl groups is 1. The van der Waals surface area contributed by atoms with E-state index in [1.807, 2.05) is 0 Å².